The molecule has 1 aromatic heterocycles. The van der Waals surface area contributed by atoms with Gasteiger partial charge in [-0.15, -0.1) is 0 Å². The first-order chi connectivity index (χ1) is 10.7. The quantitative estimate of drug-likeness (QED) is 0.846. The summed E-state index contributed by atoms with van der Waals surface area (Å²) >= 11 is 0. The van der Waals surface area contributed by atoms with Crippen molar-refractivity contribution >= 4 is 0 Å². The third kappa shape index (κ3) is 2.61. The van der Waals surface area contributed by atoms with E-state index in [0.29, 0.717) is 19.0 Å². The van der Waals surface area contributed by atoms with Crippen molar-refractivity contribution in [1.82, 2.24) is 9.55 Å². The number of fused-ring (bicyclic) bond motifs is 3. The van der Waals surface area contributed by atoms with E-state index in [2.05, 4.69) is 16.8 Å². The van der Waals surface area contributed by atoms with E-state index in [4.69, 9.17) is 9.84 Å². The fourth-order valence-electron chi connectivity index (χ4n) is 2.65. The average molecular weight is 296 g/mol. The molecule has 112 valence electrons. The van der Waals surface area contributed by atoms with E-state index in [9.17, 15) is 4.79 Å². The smallest absolute Gasteiger partial charge is 0.351 e. The van der Waals surface area contributed by atoms with Crippen LogP contribution in [0.2, 0.25) is 0 Å². The molecule has 0 saturated heterocycles. The van der Waals surface area contributed by atoms with Gasteiger partial charge in [0.25, 0.3) is 0 Å². The summed E-state index contributed by atoms with van der Waals surface area (Å²) in [7, 11) is 0. The molecule has 0 bridgehead atoms. The van der Waals surface area contributed by atoms with Crippen LogP contribution in [0, 0.1) is 11.8 Å². The fraction of sp³-hybridized carbons (Fsp3) is 0.294. The minimum atomic E-state index is -0.282. The summed E-state index contributed by atoms with van der Waals surface area (Å²) in [5.41, 5.74) is 3.55. The zero-order valence-corrected chi connectivity index (χ0v) is 12.3. The summed E-state index contributed by atoms with van der Waals surface area (Å²) in [6.07, 6.45) is 0.756. The van der Waals surface area contributed by atoms with Gasteiger partial charge in [-0.2, -0.15) is 4.98 Å². The molecule has 0 fully saturated rings. The number of aromatic nitrogens is 2. The minimum absolute atomic E-state index is 0.154. The van der Waals surface area contributed by atoms with Crippen LogP contribution in [0.5, 0.6) is 5.88 Å². The summed E-state index contributed by atoms with van der Waals surface area (Å²) in [6.45, 7) is 2.77. The van der Waals surface area contributed by atoms with Crippen molar-refractivity contribution in [1.29, 1.82) is 0 Å². The van der Waals surface area contributed by atoms with Gasteiger partial charge in [0, 0.05) is 23.7 Å². The van der Waals surface area contributed by atoms with Gasteiger partial charge in [-0.25, -0.2) is 4.79 Å². The largest absolute Gasteiger partial charge is 0.478 e. The van der Waals surface area contributed by atoms with Crippen molar-refractivity contribution in [3.63, 3.8) is 0 Å². The summed E-state index contributed by atoms with van der Waals surface area (Å²) in [5, 5.41) is 8.78. The molecule has 0 spiro atoms. The summed E-state index contributed by atoms with van der Waals surface area (Å²) in [4.78, 5) is 16.0. The Morgan fingerprint density at radius 2 is 2.27 bits per heavy atom. The van der Waals surface area contributed by atoms with Crippen LogP contribution >= 0.6 is 0 Å². The van der Waals surface area contributed by atoms with Crippen LogP contribution in [-0.2, 0) is 13.0 Å². The molecular formula is C17H16N2O3. The van der Waals surface area contributed by atoms with Gasteiger partial charge in [-0.1, -0.05) is 17.9 Å². The molecule has 1 N–H and O–H groups in total. The molecule has 5 nitrogen and oxygen atoms in total. The zero-order chi connectivity index (χ0) is 15.5. The normalized spacial score (nSPS) is 11.9. The predicted octanol–water partition coefficient (Wildman–Crippen LogP) is 1.21. The molecule has 1 aliphatic rings. The van der Waals surface area contributed by atoms with Crippen molar-refractivity contribution in [3.8, 4) is 29.0 Å². The number of aryl methyl sites for hydroxylation is 1. The molecule has 22 heavy (non-hydrogen) atoms. The molecule has 0 atom stereocenters. The van der Waals surface area contributed by atoms with E-state index in [1.54, 1.807) is 4.57 Å². The molecule has 2 heterocycles. The lowest BCUT2D eigenvalue weighted by Gasteiger charge is -2.21. The molecular weight excluding hydrogens is 280 g/mol. The van der Waals surface area contributed by atoms with Gasteiger partial charge in [0.1, 0.15) is 6.61 Å². The molecule has 0 radical (unpaired) electrons. The van der Waals surface area contributed by atoms with Crippen LogP contribution in [0.1, 0.15) is 18.1 Å². The van der Waals surface area contributed by atoms with Gasteiger partial charge in [0.2, 0.25) is 5.88 Å². The van der Waals surface area contributed by atoms with Crippen LogP contribution < -0.4 is 10.4 Å². The SMILES string of the molecule is CCOc1cc2n(c(=O)n1)CCc1cc(C#CCO)ccc1-2. The molecule has 0 amide bonds. The second-order valence-electron chi connectivity index (χ2n) is 4.93. The monoisotopic (exact) mass is 296 g/mol. The third-order valence-corrected chi connectivity index (χ3v) is 3.58. The van der Waals surface area contributed by atoms with Crippen LogP contribution in [0.3, 0.4) is 0 Å². The number of ether oxygens (including phenoxy) is 1. The van der Waals surface area contributed by atoms with Crippen molar-refractivity contribution in [2.45, 2.75) is 19.9 Å². The first kappa shape index (κ1) is 14.4. The number of rotatable bonds is 2. The number of hydrogen-bond donors (Lipinski definition) is 1. The van der Waals surface area contributed by atoms with Crippen LogP contribution in [0.15, 0.2) is 29.1 Å². The summed E-state index contributed by atoms with van der Waals surface area (Å²) < 4.78 is 7.04. The van der Waals surface area contributed by atoms with Gasteiger partial charge in [0.05, 0.1) is 12.3 Å². The van der Waals surface area contributed by atoms with E-state index in [0.717, 1.165) is 28.8 Å². The van der Waals surface area contributed by atoms with Crippen molar-refractivity contribution in [2.24, 2.45) is 0 Å². The highest BCUT2D eigenvalue weighted by Gasteiger charge is 2.19. The van der Waals surface area contributed by atoms with Crippen LogP contribution in [0.25, 0.3) is 11.3 Å². The standard InChI is InChI=1S/C17H16N2O3/c1-2-22-16-11-15-14-6-5-12(4-3-9-20)10-13(14)7-8-19(15)17(21)18-16/h5-6,10-11,20H,2,7-9H2,1H3. The highest BCUT2D eigenvalue weighted by Crippen LogP contribution is 2.30. The number of benzene rings is 1. The Balaban J connectivity index is 2.10. The molecule has 0 unspecified atom stereocenters. The summed E-state index contributed by atoms with van der Waals surface area (Å²) in [6, 6.07) is 7.66. The Morgan fingerprint density at radius 1 is 1.41 bits per heavy atom. The maximum absolute atomic E-state index is 12.1. The molecule has 3 rings (SSSR count). The molecule has 0 aliphatic carbocycles. The van der Waals surface area contributed by atoms with Gasteiger partial charge >= 0.3 is 5.69 Å². The minimum Gasteiger partial charge on any atom is -0.478 e. The van der Waals surface area contributed by atoms with Crippen LogP contribution in [-0.4, -0.2) is 27.9 Å². The lowest BCUT2D eigenvalue weighted by Crippen LogP contribution is -2.28. The Bertz CT molecular complexity index is 828. The second kappa shape index (κ2) is 6.04. The van der Waals surface area contributed by atoms with Gasteiger partial charge in [-0.3, -0.25) is 4.57 Å². The first-order valence-electron chi connectivity index (χ1n) is 7.20. The molecule has 0 saturated carbocycles. The molecule has 2 aromatic rings. The number of aliphatic hydroxyl groups is 1. The van der Waals surface area contributed by atoms with Crippen molar-refractivity contribution < 1.29 is 9.84 Å². The van der Waals surface area contributed by atoms with E-state index >= 15 is 0 Å². The zero-order valence-electron chi connectivity index (χ0n) is 12.3. The Hall–Kier alpha value is -2.58. The van der Waals surface area contributed by atoms with E-state index in [1.165, 1.54) is 0 Å². The first-order valence-corrected chi connectivity index (χ1v) is 7.20. The number of hydrogen-bond acceptors (Lipinski definition) is 4. The Morgan fingerprint density at radius 3 is 3.05 bits per heavy atom. The summed E-state index contributed by atoms with van der Waals surface area (Å²) in [5.74, 6) is 5.91. The lowest BCUT2D eigenvalue weighted by molar-refractivity contribution is 0.323. The maximum Gasteiger partial charge on any atom is 0.351 e. The Labute approximate surface area is 128 Å². The van der Waals surface area contributed by atoms with Crippen molar-refractivity contribution in [3.05, 3.63) is 45.9 Å². The average Bonchev–Trinajstić information content (AvgIpc) is 2.52. The molecule has 1 aromatic carbocycles. The lowest BCUT2D eigenvalue weighted by atomic mass is 9.95. The van der Waals surface area contributed by atoms with Gasteiger partial charge in [-0.05, 0) is 31.0 Å². The maximum atomic E-state index is 12.1. The molecule has 5 heteroatoms. The van der Waals surface area contributed by atoms with Gasteiger partial charge in [0.15, 0.2) is 0 Å². The number of nitrogens with zero attached hydrogens (tertiary/aromatic N) is 2. The third-order valence-electron chi connectivity index (χ3n) is 3.58. The topological polar surface area (TPSA) is 64.4 Å². The van der Waals surface area contributed by atoms with Crippen LogP contribution in [0.4, 0.5) is 0 Å². The van der Waals surface area contributed by atoms with Crippen molar-refractivity contribution in [2.75, 3.05) is 13.2 Å². The number of aliphatic hydroxyl groups excluding tert-OH is 1. The van der Waals surface area contributed by atoms with Gasteiger partial charge < -0.3 is 9.84 Å². The van der Waals surface area contributed by atoms with E-state index < -0.39 is 0 Å². The highest BCUT2D eigenvalue weighted by atomic mass is 16.5. The molecule has 1 aliphatic heterocycles. The second-order valence-corrected chi connectivity index (χ2v) is 4.93. The Kier molecular flexibility index (Phi) is 3.94. The highest BCUT2D eigenvalue weighted by molar-refractivity contribution is 5.67. The predicted molar refractivity (Wildman–Crippen MR) is 82.8 cm³/mol. The van der Waals surface area contributed by atoms with E-state index in [1.807, 2.05) is 31.2 Å². The van der Waals surface area contributed by atoms with E-state index in [-0.39, 0.29) is 12.3 Å². The fourth-order valence-corrected chi connectivity index (χ4v) is 2.65.